The zero-order valence-corrected chi connectivity index (χ0v) is 13.8. The Morgan fingerprint density at radius 3 is 2.78 bits per heavy atom. The minimum atomic E-state index is -0.387. The van der Waals surface area contributed by atoms with Crippen molar-refractivity contribution in [2.45, 2.75) is 45.2 Å². The molecule has 1 aromatic rings. The lowest BCUT2D eigenvalue weighted by Gasteiger charge is -2.40. The molecule has 0 aliphatic carbocycles. The van der Waals surface area contributed by atoms with Crippen LogP contribution in [0.2, 0.25) is 0 Å². The molecule has 0 aromatic heterocycles. The normalized spacial score (nSPS) is 24.1. The summed E-state index contributed by atoms with van der Waals surface area (Å²) in [4.78, 5) is 28.4. The van der Waals surface area contributed by atoms with E-state index in [9.17, 15) is 9.59 Å². The smallest absolute Gasteiger partial charge is 0.246 e. The minimum Gasteiger partial charge on any atom is -0.491 e. The Kier molecular flexibility index (Phi) is 4.55. The standard InChI is InChI=1S/C18H24N2O3/c1-3-14-7-4-5-9-16(14)23-12-11-19-13(2)17(21)20-10-6-8-15(20)18(19)22/h4-5,7,9,13,15H,3,6,8,10-12H2,1-2H3/t13-,15-/m0/s1. The Balaban J connectivity index is 1.63. The van der Waals surface area contributed by atoms with Crippen molar-refractivity contribution in [2.75, 3.05) is 19.7 Å². The van der Waals surface area contributed by atoms with Crippen molar-refractivity contribution in [3.8, 4) is 5.75 Å². The van der Waals surface area contributed by atoms with E-state index in [1.165, 1.54) is 0 Å². The van der Waals surface area contributed by atoms with Crippen molar-refractivity contribution in [1.29, 1.82) is 0 Å². The molecule has 124 valence electrons. The van der Waals surface area contributed by atoms with Crippen LogP contribution in [0.25, 0.3) is 0 Å². The van der Waals surface area contributed by atoms with Crippen LogP contribution in [0.4, 0.5) is 0 Å². The van der Waals surface area contributed by atoms with Crippen LogP contribution in [0.15, 0.2) is 24.3 Å². The van der Waals surface area contributed by atoms with Crippen LogP contribution >= 0.6 is 0 Å². The minimum absolute atomic E-state index is 0.0704. The van der Waals surface area contributed by atoms with E-state index < -0.39 is 0 Å². The molecule has 2 heterocycles. The van der Waals surface area contributed by atoms with Gasteiger partial charge in [0.15, 0.2) is 0 Å². The molecule has 2 atom stereocenters. The van der Waals surface area contributed by atoms with E-state index >= 15 is 0 Å². The van der Waals surface area contributed by atoms with Gasteiger partial charge in [-0.2, -0.15) is 0 Å². The second-order valence-corrected chi connectivity index (χ2v) is 6.21. The molecule has 0 radical (unpaired) electrons. The number of hydrogen-bond donors (Lipinski definition) is 0. The number of nitrogens with zero attached hydrogens (tertiary/aromatic N) is 2. The molecule has 0 N–H and O–H groups in total. The summed E-state index contributed by atoms with van der Waals surface area (Å²) in [6.07, 6.45) is 2.61. The molecule has 2 saturated heterocycles. The number of piperazine rings is 1. The van der Waals surface area contributed by atoms with E-state index in [1.54, 1.807) is 9.80 Å². The second-order valence-electron chi connectivity index (χ2n) is 6.21. The van der Waals surface area contributed by atoms with Crippen LogP contribution in [0.5, 0.6) is 5.75 Å². The second kappa shape index (κ2) is 6.60. The molecule has 0 saturated carbocycles. The van der Waals surface area contributed by atoms with Crippen LogP contribution in [0.3, 0.4) is 0 Å². The lowest BCUT2D eigenvalue weighted by atomic mass is 10.1. The lowest BCUT2D eigenvalue weighted by molar-refractivity contribution is -0.158. The summed E-state index contributed by atoms with van der Waals surface area (Å²) >= 11 is 0. The maximum atomic E-state index is 12.6. The Hall–Kier alpha value is -2.04. The van der Waals surface area contributed by atoms with E-state index in [0.29, 0.717) is 19.7 Å². The number of amides is 2. The summed E-state index contributed by atoms with van der Waals surface area (Å²) in [5.74, 6) is 1.00. The van der Waals surface area contributed by atoms with Gasteiger partial charge in [0.25, 0.3) is 0 Å². The van der Waals surface area contributed by atoms with Crippen molar-refractivity contribution >= 4 is 11.8 Å². The maximum Gasteiger partial charge on any atom is 0.246 e. The number of aryl methyl sites for hydroxylation is 1. The highest BCUT2D eigenvalue weighted by molar-refractivity contribution is 5.97. The number of para-hydroxylation sites is 1. The predicted octanol–water partition coefficient (Wildman–Crippen LogP) is 1.85. The monoisotopic (exact) mass is 316 g/mol. The Morgan fingerprint density at radius 1 is 1.22 bits per heavy atom. The van der Waals surface area contributed by atoms with Gasteiger partial charge in [-0.3, -0.25) is 9.59 Å². The Labute approximate surface area is 137 Å². The van der Waals surface area contributed by atoms with E-state index in [2.05, 4.69) is 6.92 Å². The van der Waals surface area contributed by atoms with Gasteiger partial charge < -0.3 is 14.5 Å². The van der Waals surface area contributed by atoms with E-state index in [4.69, 9.17) is 4.74 Å². The first-order chi connectivity index (χ1) is 11.1. The molecule has 23 heavy (non-hydrogen) atoms. The van der Waals surface area contributed by atoms with Crippen molar-refractivity contribution in [2.24, 2.45) is 0 Å². The summed E-state index contributed by atoms with van der Waals surface area (Å²) in [5, 5.41) is 0. The fourth-order valence-corrected chi connectivity index (χ4v) is 3.54. The fraction of sp³-hybridized carbons (Fsp3) is 0.556. The third-order valence-electron chi connectivity index (χ3n) is 4.87. The topological polar surface area (TPSA) is 49.9 Å². The van der Waals surface area contributed by atoms with Crippen LogP contribution in [-0.2, 0) is 16.0 Å². The largest absolute Gasteiger partial charge is 0.491 e. The van der Waals surface area contributed by atoms with Gasteiger partial charge in [0.05, 0.1) is 6.54 Å². The SMILES string of the molecule is CCc1ccccc1OCCN1C(=O)[C@@H]2CCCN2C(=O)[C@@H]1C. The van der Waals surface area contributed by atoms with Crippen molar-refractivity contribution < 1.29 is 14.3 Å². The number of rotatable bonds is 5. The summed E-state index contributed by atoms with van der Waals surface area (Å²) < 4.78 is 5.86. The summed E-state index contributed by atoms with van der Waals surface area (Å²) in [7, 11) is 0. The van der Waals surface area contributed by atoms with E-state index in [1.807, 2.05) is 31.2 Å². The zero-order chi connectivity index (χ0) is 16.4. The Bertz CT molecular complexity index is 602. The zero-order valence-electron chi connectivity index (χ0n) is 13.8. The molecule has 5 heteroatoms. The molecule has 0 unspecified atom stereocenters. The number of fused-ring (bicyclic) bond motifs is 1. The highest BCUT2D eigenvalue weighted by atomic mass is 16.5. The first-order valence-electron chi connectivity index (χ1n) is 8.45. The fourth-order valence-electron chi connectivity index (χ4n) is 3.54. The molecule has 0 bridgehead atoms. The van der Waals surface area contributed by atoms with Gasteiger partial charge in [0, 0.05) is 6.54 Å². The van der Waals surface area contributed by atoms with Crippen molar-refractivity contribution in [1.82, 2.24) is 9.80 Å². The maximum absolute atomic E-state index is 12.6. The highest BCUT2D eigenvalue weighted by Gasteiger charge is 2.45. The van der Waals surface area contributed by atoms with E-state index in [0.717, 1.165) is 30.6 Å². The number of hydrogen-bond acceptors (Lipinski definition) is 3. The molecular weight excluding hydrogens is 292 g/mol. The van der Waals surface area contributed by atoms with Gasteiger partial charge in [-0.25, -0.2) is 0 Å². The number of benzene rings is 1. The third-order valence-corrected chi connectivity index (χ3v) is 4.87. The van der Waals surface area contributed by atoms with E-state index in [-0.39, 0.29) is 23.9 Å². The van der Waals surface area contributed by atoms with Crippen LogP contribution < -0.4 is 4.74 Å². The van der Waals surface area contributed by atoms with Crippen molar-refractivity contribution in [3.05, 3.63) is 29.8 Å². The van der Waals surface area contributed by atoms with Crippen LogP contribution in [0, 0.1) is 0 Å². The van der Waals surface area contributed by atoms with Gasteiger partial charge in [-0.15, -0.1) is 0 Å². The van der Waals surface area contributed by atoms with Crippen LogP contribution in [-0.4, -0.2) is 53.4 Å². The molecule has 2 amide bonds. The average Bonchev–Trinajstić information content (AvgIpc) is 3.06. The summed E-state index contributed by atoms with van der Waals surface area (Å²) in [5.41, 5.74) is 1.16. The van der Waals surface area contributed by atoms with Gasteiger partial charge in [-0.1, -0.05) is 25.1 Å². The molecule has 0 spiro atoms. The number of carbonyl (C=O) groups excluding carboxylic acids is 2. The number of carbonyl (C=O) groups is 2. The molecule has 5 nitrogen and oxygen atoms in total. The molecule has 2 fully saturated rings. The summed E-state index contributed by atoms with van der Waals surface area (Å²) in [6.45, 7) is 5.48. The van der Waals surface area contributed by atoms with Gasteiger partial charge >= 0.3 is 0 Å². The first-order valence-corrected chi connectivity index (χ1v) is 8.45. The molecule has 2 aliphatic heterocycles. The van der Waals surface area contributed by atoms with Gasteiger partial charge in [0.1, 0.15) is 24.4 Å². The quantitative estimate of drug-likeness (QED) is 0.833. The van der Waals surface area contributed by atoms with Crippen LogP contribution in [0.1, 0.15) is 32.3 Å². The number of ether oxygens (including phenoxy) is 1. The molecule has 2 aliphatic rings. The molecule has 1 aromatic carbocycles. The molecule has 3 rings (SSSR count). The summed E-state index contributed by atoms with van der Waals surface area (Å²) in [6, 6.07) is 7.30. The lowest BCUT2D eigenvalue weighted by Crippen LogP contribution is -2.62. The predicted molar refractivity (Wildman–Crippen MR) is 87.2 cm³/mol. The van der Waals surface area contributed by atoms with Gasteiger partial charge in [0.2, 0.25) is 11.8 Å². The first kappa shape index (κ1) is 15.8. The highest BCUT2D eigenvalue weighted by Crippen LogP contribution is 2.26. The van der Waals surface area contributed by atoms with Gasteiger partial charge in [-0.05, 0) is 37.8 Å². The van der Waals surface area contributed by atoms with Crippen molar-refractivity contribution in [3.63, 3.8) is 0 Å². The Morgan fingerprint density at radius 2 is 2.00 bits per heavy atom. The average molecular weight is 316 g/mol. The third kappa shape index (κ3) is 2.92. The molecular formula is C18H24N2O3.